The molecule has 0 radical (unpaired) electrons. The van der Waals surface area contributed by atoms with Crippen LogP contribution in [0.4, 0.5) is 10.2 Å². The molecular formula is C18H18FN5O3. The Kier molecular flexibility index (Phi) is 4.10. The van der Waals surface area contributed by atoms with Crippen LogP contribution in [-0.2, 0) is 9.47 Å². The van der Waals surface area contributed by atoms with Gasteiger partial charge in [0.25, 0.3) is 0 Å². The molecule has 2 fully saturated rings. The summed E-state index contributed by atoms with van der Waals surface area (Å²) >= 11 is 0. The number of nitrogens with one attached hydrogen (secondary N) is 1. The van der Waals surface area contributed by atoms with Gasteiger partial charge in [0.2, 0.25) is 0 Å². The fraction of sp³-hybridized carbons (Fsp3) is 0.389. The number of benzene rings is 1. The zero-order valence-corrected chi connectivity index (χ0v) is 14.4. The number of ether oxygens (including phenoxy) is 3. The first-order chi connectivity index (χ1) is 13.3. The molecule has 0 aliphatic carbocycles. The molecule has 2 saturated heterocycles. The number of nitrogens with zero attached hydrogens (tertiary/aromatic N) is 4. The summed E-state index contributed by atoms with van der Waals surface area (Å²) in [7, 11) is 0. The number of aromatic nitrogens is 4. The second-order valence-corrected chi connectivity index (χ2v) is 6.64. The van der Waals surface area contributed by atoms with Crippen LogP contribution in [-0.4, -0.2) is 64.6 Å². The Labute approximate surface area is 154 Å². The van der Waals surface area contributed by atoms with Gasteiger partial charge < -0.3 is 24.1 Å². The third-order valence-corrected chi connectivity index (χ3v) is 4.83. The van der Waals surface area contributed by atoms with Crippen molar-refractivity contribution in [2.45, 2.75) is 18.3 Å². The van der Waals surface area contributed by atoms with Crippen LogP contribution >= 0.6 is 0 Å². The van der Waals surface area contributed by atoms with Crippen LogP contribution in [0.2, 0.25) is 0 Å². The maximum absolute atomic E-state index is 13.0. The predicted octanol–water partition coefficient (Wildman–Crippen LogP) is 1.54. The lowest BCUT2D eigenvalue weighted by Crippen LogP contribution is -2.30. The molecule has 0 spiro atoms. The highest BCUT2D eigenvalue weighted by Crippen LogP contribution is 2.28. The number of anilines is 1. The van der Waals surface area contributed by atoms with E-state index in [1.807, 2.05) is 0 Å². The predicted molar refractivity (Wildman–Crippen MR) is 94.2 cm³/mol. The Bertz CT molecular complexity index is 918. The maximum atomic E-state index is 13.0. The van der Waals surface area contributed by atoms with Crippen molar-refractivity contribution in [3.63, 3.8) is 0 Å². The minimum atomic E-state index is -0.290. The van der Waals surface area contributed by atoms with Crippen molar-refractivity contribution in [1.82, 2.24) is 19.9 Å². The van der Waals surface area contributed by atoms with Gasteiger partial charge in [0.05, 0.1) is 19.5 Å². The monoisotopic (exact) mass is 371 g/mol. The van der Waals surface area contributed by atoms with E-state index in [1.54, 1.807) is 18.5 Å². The molecule has 140 valence electrons. The van der Waals surface area contributed by atoms with E-state index in [1.165, 1.54) is 18.5 Å². The van der Waals surface area contributed by atoms with E-state index in [2.05, 4.69) is 24.8 Å². The van der Waals surface area contributed by atoms with Crippen molar-refractivity contribution >= 4 is 17.0 Å². The van der Waals surface area contributed by atoms with Gasteiger partial charge >= 0.3 is 0 Å². The van der Waals surface area contributed by atoms with Crippen molar-refractivity contribution < 1.29 is 18.6 Å². The quantitative estimate of drug-likeness (QED) is 0.747. The first-order valence-corrected chi connectivity index (χ1v) is 8.81. The Morgan fingerprint density at radius 3 is 2.52 bits per heavy atom. The zero-order chi connectivity index (χ0) is 18.2. The number of imidazole rings is 1. The lowest BCUT2D eigenvalue weighted by molar-refractivity contribution is -0.00461. The third kappa shape index (κ3) is 3.19. The van der Waals surface area contributed by atoms with Crippen LogP contribution in [0.1, 0.15) is 0 Å². The van der Waals surface area contributed by atoms with Crippen molar-refractivity contribution in [3.05, 3.63) is 42.7 Å². The average molecular weight is 371 g/mol. The third-order valence-electron chi connectivity index (χ3n) is 4.83. The van der Waals surface area contributed by atoms with Crippen molar-refractivity contribution in [3.8, 4) is 5.75 Å². The summed E-state index contributed by atoms with van der Waals surface area (Å²) in [5.41, 5.74) is 1.45. The summed E-state index contributed by atoms with van der Waals surface area (Å²) in [4.78, 5) is 17.9. The Hall–Kier alpha value is -2.78. The highest BCUT2D eigenvalue weighted by atomic mass is 19.1. The molecule has 27 heavy (non-hydrogen) atoms. The van der Waals surface area contributed by atoms with Crippen LogP contribution in [0.15, 0.2) is 36.9 Å². The summed E-state index contributed by atoms with van der Waals surface area (Å²) in [5, 5.41) is 0. The maximum Gasteiger partial charge on any atom is 0.182 e. The minimum absolute atomic E-state index is 0.0697. The standard InChI is InChI=1S/C18H18FN5O3/c19-11-1-3-12(4-2-11)27-13-7-25-14-5-24(6-15(14)26-8-13)18-16-17(21-9-20-16)22-10-23-18/h1-4,9-10,13-15H,5-8H2,(H,20,21,22,23)/t14-,15-/m0/s1. The zero-order valence-electron chi connectivity index (χ0n) is 14.4. The second-order valence-electron chi connectivity index (χ2n) is 6.64. The Morgan fingerprint density at radius 2 is 1.78 bits per heavy atom. The number of halogens is 1. The number of hydrogen-bond donors (Lipinski definition) is 1. The number of aromatic amines is 1. The van der Waals surface area contributed by atoms with Crippen molar-refractivity contribution in [2.24, 2.45) is 0 Å². The molecule has 5 rings (SSSR count). The molecule has 8 nitrogen and oxygen atoms in total. The van der Waals surface area contributed by atoms with Gasteiger partial charge in [-0.3, -0.25) is 0 Å². The van der Waals surface area contributed by atoms with E-state index in [0.29, 0.717) is 37.7 Å². The summed E-state index contributed by atoms with van der Waals surface area (Å²) in [6, 6.07) is 5.96. The van der Waals surface area contributed by atoms with Gasteiger partial charge in [0.1, 0.15) is 41.7 Å². The van der Waals surface area contributed by atoms with E-state index in [9.17, 15) is 4.39 Å². The first kappa shape index (κ1) is 16.4. The molecule has 9 heteroatoms. The van der Waals surface area contributed by atoms with E-state index >= 15 is 0 Å². The van der Waals surface area contributed by atoms with Gasteiger partial charge in [-0.15, -0.1) is 0 Å². The van der Waals surface area contributed by atoms with Crippen LogP contribution in [0.3, 0.4) is 0 Å². The fourth-order valence-corrected chi connectivity index (χ4v) is 3.51. The highest BCUT2D eigenvalue weighted by molar-refractivity contribution is 5.82. The summed E-state index contributed by atoms with van der Waals surface area (Å²) in [6.45, 7) is 2.16. The molecule has 2 atom stereocenters. The minimum Gasteiger partial charge on any atom is -0.486 e. The normalized spacial score (nSPS) is 23.4. The molecule has 0 saturated carbocycles. The van der Waals surface area contributed by atoms with Gasteiger partial charge in [0.15, 0.2) is 11.5 Å². The van der Waals surface area contributed by atoms with Gasteiger partial charge in [-0.05, 0) is 24.3 Å². The molecule has 3 aromatic rings. The second kappa shape index (κ2) is 6.75. The molecule has 2 aromatic heterocycles. The fourth-order valence-electron chi connectivity index (χ4n) is 3.51. The topological polar surface area (TPSA) is 85.4 Å². The number of hydrogen-bond acceptors (Lipinski definition) is 7. The highest BCUT2D eigenvalue weighted by Gasteiger charge is 2.39. The van der Waals surface area contributed by atoms with Crippen molar-refractivity contribution in [1.29, 1.82) is 0 Å². The lowest BCUT2D eigenvalue weighted by atomic mass is 10.3. The van der Waals surface area contributed by atoms with Crippen molar-refractivity contribution in [2.75, 3.05) is 31.2 Å². The van der Waals surface area contributed by atoms with E-state index in [0.717, 1.165) is 11.3 Å². The molecule has 1 aromatic carbocycles. The van der Waals surface area contributed by atoms with Gasteiger partial charge in [0, 0.05) is 13.1 Å². The summed E-state index contributed by atoms with van der Waals surface area (Å²) < 4.78 is 31.0. The number of rotatable bonds is 3. The van der Waals surface area contributed by atoms with Crippen LogP contribution in [0, 0.1) is 5.82 Å². The Balaban J connectivity index is 1.25. The largest absolute Gasteiger partial charge is 0.486 e. The Morgan fingerprint density at radius 1 is 1.04 bits per heavy atom. The van der Waals surface area contributed by atoms with Crippen LogP contribution in [0.25, 0.3) is 11.2 Å². The average Bonchev–Trinajstić information content (AvgIpc) is 3.28. The van der Waals surface area contributed by atoms with Gasteiger partial charge in [-0.1, -0.05) is 0 Å². The molecular weight excluding hydrogens is 353 g/mol. The van der Waals surface area contributed by atoms with Crippen LogP contribution < -0.4 is 9.64 Å². The first-order valence-electron chi connectivity index (χ1n) is 8.81. The van der Waals surface area contributed by atoms with E-state index in [-0.39, 0.29) is 24.1 Å². The number of fused-ring (bicyclic) bond motifs is 2. The van der Waals surface area contributed by atoms with E-state index < -0.39 is 0 Å². The molecule has 2 aliphatic heterocycles. The van der Waals surface area contributed by atoms with Gasteiger partial charge in [-0.2, -0.15) is 0 Å². The van der Waals surface area contributed by atoms with Gasteiger partial charge in [-0.25, -0.2) is 19.3 Å². The SMILES string of the molecule is Fc1ccc(OC2CO[C@H]3CN(c4ncnc5nc[nH]c45)C[C@@H]3OC2)cc1. The summed E-state index contributed by atoms with van der Waals surface area (Å²) in [5.74, 6) is 1.11. The molecule has 1 N–H and O–H groups in total. The molecule has 4 heterocycles. The van der Waals surface area contributed by atoms with Crippen LogP contribution in [0.5, 0.6) is 5.75 Å². The lowest BCUT2D eigenvalue weighted by Gasteiger charge is -2.20. The smallest absolute Gasteiger partial charge is 0.182 e. The number of H-pyrrole nitrogens is 1. The molecule has 0 amide bonds. The van der Waals surface area contributed by atoms with E-state index in [4.69, 9.17) is 14.2 Å². The summed E-state index contributed by atoms with van der Waals surface area (Å²) in [6.07, 6.45) is 2.76. The molecule has 0 unspecified atom stereocenters. The molecule has 2 aliphatic rings. The molecule has 0 bridgehead atoms.